The van der Waals surface area contributed by atoms with E-state index in [9.17, 15) is 9.00 Å². The monoisotopic (exact) mass is 650 g/mol. The van der Waals surface area contributed by atoms with Crippen LogP contribution in [0.25, 0.3) is 0 Å². The van der Waals surface area contributed by atoms with Gasteiger partial charge in [-0.1, -0.05) is 62.3 Å². The Morgan fingerprint density at radius 2 is 1.34 bits per heavy atom. The Bertz CT molecular complexity index is 1140. The van der Waals surface area contributed by atoms with Crippen LogP contribution >= 0.6 is 0 Å². The third-order valence-electron chi connectivity index (χ3n) is 9.41. The molecule has 238 valence electrons. The molecule has 41 heavy (non-hydrogen) atoms. The van der Waals surface area contributed by atoms with Crippen LogP contribution in [0, 0.1) is 0 Å². The van der Waals surface area contributed by atoms with Gasteiger partial charge in [0.1, 0.15) is 18.3 Å². The summed E-state index contributed by atoms with van der Waals surface area (Å²) in [5.74, 6) is -0.251. The predicted octanol–water partition coefficient (Wildman–Crippen LogP) is 6.46. The van der Waals surface area contributed by atoms with E-state index in [1.165, 1.54) is 16.8 Å². The Morgan fingerprint density at radius 3 is 1.76 bits per heavy atom. The minimum absolute atomic E-state index is 0.00130. The Balaban J connectivity index is 2.67. The van der Waals surface area contributed by atoms with E-state index < -0.39 is 66.5 Å². The van der Waals surface area contributed by atoms with Gasteiger partial charge in [-0.05, 0) is 54.4 Å². The first-order chi connectivity index (χ1) is 18.2. The Morgan fingerprint density at radius 1 is 0.878 bits per heavy atom. The summed E-state index contributed by atoms with van der Waals surface area (Å²) in [6.07, 6.45) is -0.986. The lowest BCUT2D eigenvalue weighted by molar-refractivity contribution is -0.0510. The zero-order valence-corrected chi connectivity index (χ0v) is 31.6. The fraction of sp³-hybridized carbons (Fsp3) is 0.852. The van der Waals surface area contributed by atoms with Gasteiger partial charge in [0, 0.05) is 12.3 Å². The van der Waals surface area contributed by atoms with Crippen molar-refractivity contribution in [2.24, 2.45) is 0 Å². The van der Waals surface area contributed by atoms with E-state index in [-0.39, 0.29) is 21.0 Å². The van der Waals surface area contributed by atoms with Crippen molar-refractivity contribution in [3.05, 3.63) is 22.7 Å². The molecule has 0 aliphatic carbocycles. The normalized spacial score (nSPS) is 24.0. The van der Waals surface area contributed by atoms with Crippen LogP contribution in [0.4, 0.5) is 0 Å². The zero-order valence-electron chi connectivity index (χ0n) is 27.8. The molecule has 1 aliphatic rings. The van der Waals surface area contributed by atoms with E-state index >= 15 is 0 Å². The number of ether oxygens (including phenoxy) is 1. The van der Waals surface area contributed by atoms with Gasteiger partial charge in [-0.15, -0.1) is 0 Å². The fourth-order valence-corrected chi connectivity index (χ4v) is 7.44. The van der Waals surface area contributed by atoms with Gasteiger partial charge in [-0.25, -0.2) is 4.79 Å². The Labute approximate surface area is 252 Å². The van der Waals surface area contributed by atoms with Crippen molar-refractivity contribution in [2.75, 3.05) is 6.61 Å². The maximum atomic E-state index is 13.2. The highest BCUT2D eigenvalue weighted by Gasteiger charge is 2.55. The summed E-state index contributed by atoms with van der Waals surface area (Å²) < 4.78 is 53.7. The van der Waals surface area contributed by atoms with Crippen LogP contribution in [-0.4, -0.2) is 68.2 Å². The molecule has 5 atom stereocenters. The van der Waals surface area contributed by atoms with Crippen LogP contribution in [0.5, 0.6) is 5.88 Å². The molecule has 1 aromatic rings. The quantitative estimate of drug-likeness (QED) is 0.225. The summed E-state index contributed by atoms with van der Waals surface area (Å²) in [5.41, 5.74) is -0.682. The molecular weight excluding hydrogens is 597 g/mol. The van der Waals surface area contributed by atoms with Gasteiger partial charge < -0.3 is 22.2 Å². The van der Waals surface area contributed by atoms with E-state index in [1.54, 1.807) is 0 Å². The van der Waals surface area contributed by atoms with Crippen LogP contribution in [0.15, 0.2) is 17.1 Å². The molecule has 0 aromatic carbocycles. The standard InChI is InChI=1S/C27H54N2O8SSi3/c1-25(2,3)39(10,11)33-18-19-21(36-40(12,13)26(4,5)6)22(37-41(14,15)27(7,8)9)23(34-19)29-17-16-20(28-24(29)30)35-38(31)32/h16-17,19,21-23H,18H2,1-15H3,(H,31,32)/t19-,21?,22+,23-/m1/s1. The number of aromatic nitrogens is 2. The second kappa shape index (κ2) is 12.3. The summed E-state index contributed by atoms with van der Waals surface area (Å²) in [6, 6.07) is 1.37. The molecule has 1 saturated heterocycles. The first kappa shape index (κ1) is 36.5. The number of hydrogen-bond acceptors (Lipinski definition) is 8. The third kappa shape index (κ3) is 8.69. The van der Waals surface area contributed by atoms with E-state index in [4.69, 9.17) is 26.8 Å². The van der Waals surface area contributed by atoms with E-state index in [2.05, 4.69) is 107 Å². The van der Waals surface area contributed by atoms with Crippen LogP contribution in [0.2, 0.25) is 54.4 Å². The molecule has 2 rings (SSSR count). The highest BCUT2D eigenvalue weighted by molar-refractivity contribution is 7.74. The maximum Gasteiger partial charge on any atom is 0.359 e. The predicted molar refractivity (Wildman–Crippen MR) is 171 cm³/mol. The second-order valence-corrected chi connectivity index (χ2v) is 30.5. The van der Waals surface area contributed by atoms with Gasteiger partial charge in [0.05, 0.1) is 6.61 Å². The lowest BCUT2D eigenvalue weighted by Crippen LogP contribution is -2.54. The molecule has 0 amide bonds. The molecule has 0 radical (unpaired) electrons. The first-order valence-corrected chi connectivity index (χ1v) is 24.0. The first-order valence-electron chi connectivity index (χ1n) is 14.2. The number of hydrogen-bond donors (Lipinski definition) is 1. The maximum absolute atomic E-state index is 13.2. The SMILES string of the molecule is CC(C)(C)[Si](C)(C)OC[C@H]1O[C@@H](n2ccc(OS(=O)O)nc2=O)[C@@H](O[Si](C)(C)C(C)(C)C)C1O[Si](C)(C)C(C)(C)C. The van der Waals surface area contributed by atoms with Crippen molar-refractivity contribution in [2.45, 2.75) is 141 Å². The summed E-state index contributed by atoms with van der Waals surface area (Å²) >= 11 is -2.60. The van der Waals surface area contributed by atoms with Gasteiger partial charge in [0.15, 0.2) is 31.2 Å². The van der Waals surface area contributed by atoms with Crippen molar-refractivity contribution in [3.63, 3.8) is 0 Å². The lowest BCUT2D eigenvalue weighted by atomic mass is 10.1. The van der Waals surface area contributed by atoms with Crippen molar-refractivity contribution < 1.29 is 31.0 Å². The van der Waals surface area contributed by atoms with Gasteiger partial charge in [0.25, 0.3) is 0 Å². The molecule has 1 aliphatic heterocycles. The summed E-state index contributed by atoms with van der Waals surface area (Å²) in [7, 11) is -6.86. The molecule has 1 fully saturated rings. The topological polar surface area (TPSA) is 118 Å². The van der Waals surface area contributed by atoms with Crippen molar-refractivity contribution in [1.29, 1.82) is 0 Å². The molecule has 0 saturated carbocycles. The average Bonchev–Trinajstić information content (AvgIpc) is 3.05. The molecule has 10 nitrogen and oxygen atoms in total. The Hall–Kier alpha value is -0.719. The van der Waals surface area contributed by atoms with E-state index in [0.717, 1.165) is 0 Å². The van der Waals surface area contributed by atoms with Gasteiger partial charge in [-0.2, -0.15) is 9.19 Å². The highest BCUT2D eigenvalue weighted by Crippen LogP contribution is 2.46. The van der Waals surface area contributed by atoms with Gasteiger partial charge in [-0.3, -0.25) is 9.12 Å². The molecular formula is C27H54N2O8SSi3. The minimum Gasteiger partial charge on any atom is -0.414 e. The summed E-state index contributed by atoms with van der Waals surface area (Å²) in [6.45, 7) is 33.1. The summed E-state index contributed by atoms with van der Waals surface area (Å²) in [5, 5.41) is -0.184. The van der Waals surface area contributed by atoms with Crippen molar-refractivity contribution in [3.8, 4) is 5.88 Å². The van der Waals surface area contributed by atoms with E-state index in [0.29, 0.717) is 6.61 Å². The Kier molecular flexibility index (Phi) is 11.0. The smallest absolute Gasteiger partial charge is 0.359 e. The van der Waals surface area contributed by atoms with Crippen LogP contribution in [-0.2, 0) is 29.4 Å². The van der Waals surface area contributed by atoms with Gasteiger partial charge >= 0.3 is 17.1 Å². The fourth-order valence-electron chi connectivity index (χ4n) is 3.59. The minimum atomic E-state index is -2.60. The lowest BCUT2D eigenvalue weighted by Gasteiger charge is -2.44. The number of nitrogens with zero attached hydrogens (tertiary/aromatic N) is 2. The largest absolute Gasteiger partial charge is 0.414 e. The third-order valence-corrected chi connectivity index (χ3v) is 23.2. The van der Waals surface area contributed by atoms with Crippen molar-refractivity contribution >= 4 is 36.3 Å². The van der Waals surface area contributed by atoms with Crippen LogP contribution < -0.4 is 9.87 Å². The molecule has 1 aromatic heterocycles. The van der Waals surface area contributed by atoms with Crippen LogP contribution in [0.1, 0.15) is 68.5 Å². The van der Waals surface area contributed by atoms with Crippen molar-refractivity contribution in [1.82, 2.24) is 9.55 Å². The molecule has 14 heteroatoms. The van der Waals surface area contributed by atoms with Crippen LogP contribution in [0.3, 0.4) is 0 Å². The number of rotatable bonds is 10. The highest BCUT2D eigenvalue weighted by atomic mass is 32.2. The zero-order chi connectivity index (χ0) is 32.0. The average molecular weight is 651 g/mol. The summed E-state index contributed by atoms with van der Waals surface area (Å²) in [4.78, 5) is 17.1. The molecule has 2 heterocycles. The molecule has 2 unspecified atom stereocenters. The second-order valence-electron chi connectivity index (χ2n) is 15.6. The molecule has 0 spiro atoms. The molecule has 0 bridgehead atoms. The van der Waals surface area contributed by atoms with Gasteiger partial charge in [0.2, 0.25) is 5.88 Å². The molecule has 1 N–H and O–H groups in total. The van der Waals surface area contributed by atoms with E-state index in [1.807, 2.05) is 0 Å².